The van der Waals surface area contributed by atoms with Crippen LogP contribution in [0.15, 0.2) is 5.38 Å². The number of carboxylic acid groups (broad SMARTS) is 1. The summed E-state index contributed by atoms with van der Waals surface area (Å²) in [5.74, 6) is -0.828. The Balaban J connectivity index is 1.96. The fourth-order valence-electron chi connectivity index (χ4n) is 1.81. The Bertz CT molecular complexity index is 440. The van der Waals surface area contributed by atoms with Crippen molar-refractivity contribution in [1.82, 2.24) is 10.3 Å². The number of carbonyl (C=O) groups excluding carboxylic acids is 1. The highest BCUT2D eigenvalue weighted by atomic mass is 32.1. The minimum absolute atomic E-state index is 0.0496. The van der Waals surface area contributed by atoms with Gasteiger partial charge >= 0.3 is 5.97 Å². The highest BCUT2D eigenvalue weighted by Crippen LogP contribution is 2.29. The van der Waals surface area contributed by atoms with E-state index in [0.717, 1.165) is 24.2 Å². The fraction of sp³-hybridized carbons (Fsp3) is 0.545. The van der Waals surface area contributed by atoms with Crippen molar-refractivity contribution in [2.75, 3.05) is 0 Å². The van der Waals surface area contributed by atoms with E-state index < -0.39 is 5.97 Å². The topological polar surface area (TPSA) is 79.3 Å². The number of aromatic nitrogens is 1. The molecule has 2 rings (SSSR count). The Labute approximate surface area is 103 Å². The normalized spacial score (nSPS) is 17.2. The second-order valence-electron chi connectivity index (χ2n) is 4.30. The highest BCUT2D eigenvalue weighted by Gasteiger charge is 2.26. The number of carbonyl (C=O) groups is 2. The zero-order valence-electron chi connectivity index (χ0n) is 9.47. The van der Waals surface area contributed by atoms with Crippen molar-refractivity contribution in [2.45, 2.75) is 32.2 Å². The summed E-state index contributed by atoms with van der Waals surface area (Å²) in [5, 5.41) is 13.0. The zero-order chi connectivity index (χ0) is 12.4. The van der Waals surface area contributed by atoms with Gasteiger partial charge in [-0.3, -0.25) is 4.79 Å². The molecule has 6 heteroatoms. The van der Waals surface area contributed by atoms with Crippen LogP contribution < -0.4 is 5.32 Å². The lowest BCUT2D eigenvalue weighted by molar-refractivity contribution is 0.0696. The number of aromatic carboxylic acids is 1. The molecule has 0 aromatic carbocycles. The largest absolute Gasteiger partial charge is 0.476 e. The molecule has 1 aromatic heterocycles. The van der Waals surface area contributed by atoms with Gasteiger partial charge in [-0.1, -0.05) is 6.42 Å². The lowest BCUT2D eigenvalue weighted by Gasteiger charge is -2.31. The lowest BCUT2D eigenvalue weighted by atomic mass is 9.80. The number of rotatable bonds is 4. The van der Waals surface area contributed by atoms with E-state index in [9.17, 15) is 9.59 Å². The second kappa shape index (κ2) is 4.83. The molecule has 1 fully saturated rings. The van der Waals surface area contributed by atoms with Crippen LogP contribution in [0.1, 0.15) is 46.5 Å². The predicted octanol–water partition coefficient (Wildman–Crippen LogP) is 1.76. The van der Waals surface area contributed by atoms with E-state index in [1.165, 1.54) is 11.8 Å². The van der Waals surface area contributed by atoms with E-state index in [1.807, 2.05) is 6.92 Å². The van der Waals surface area contributed by atoms with Crippen molar-refractivity contribution in [3.63, 3.8) is 0 Å². The van der Waals surface area contributed by atoms with Gasteiger partial charge in [-0.15, -0.1) is 11.3 Å². The first-order valence-electron chi connectivity index (χ1n) is 5.57. The third kappa shape index (κ3) is 2.63. The first-order chi connectivity index (χ1) is 8.08. The monoisotopic (exact) mass is 254 g/mol. The highest BCUT2D eigenvalue weighted by molar-refractivity contribution is 7.11. The summed E-state index contributed by atoms with van der Waals surface area (Å²) in [4.78, 5) is 26.2. The maximum Gasteiger partial charge on any atom is 0.365 e. The summed E-state index contributed by atoms with van der Waals surface area (Å²) in [7, 11) is 0. The lowest BCUT2D eigenvalue weighted by Crippen LogP contribution is -2.40. The molecule has 0 bridgehead atoms. The van der Waals surface area contributed by atoms with E-state index in [1.54, 1.807) is 0 Å². The van der Waals surface area contributed by atoms with Gasteiger partial charge in [0.05, 0.1) is 0 Å². The van der Waals surface area contributed by atoms with E-state index in [-0.39, 0.29) is 22.7 Å². The van der Waals surface area contributed by atoms with E-state index >= 15 is 0 Å². The maximum atomic E-state index is 11.8. The second-order valence-corrected chi connectivity index (χ2v) is 5.15. The average molecular weight is 254 g/mol. The molecule has 5 nitrogen and oxygen atoms in total. The van der Waals surface area contributed by atoms with E-state index in [4.69, 9.17) is 5.11 Å². The van der Waals surface area contributed by atoms with Gasteiger partial charge in [0.1, 0.15) is 5.69 Å². The van der Waals surface area contributed by atoms with Crippen LogP contribution in [0.4, 0.5) is 0 Å². The molecule has 1 amide bonds. The maximum absolute atomic E-state index is 11.8. The molecule has 1 atom stereocenters. The predicted molar refractivity (Wildman–Crippen MR) is 63.3 cm³/mol. The zero-order valence-corrected chi connectivity index (χ0v) is 10.3. The number of hydrogen-bond donors (Lipinski definition) is 2. The molecular weight excluding hydrogens is 240 g/mol. The van der Waals surface area contributed by atoms with Crippen molar-refractivity contribution in [1.29, 1.82) is 0 Å². The van der Waals surface area contributed by atoms with Crippen LogP contribution in [-0.4, -0.2) is 28.0 Å². The molecule has 1 aromatic rings. The van der Waals surface area contributed by atoms with Gasteiger partial charge in [0.15, 0.2) is 0 Å². The van der Waals surface area contributed by atoms with Gasteiger partial charge < -0.3 is 10.4 Å². The SMILES string of the molecule is CC(NC(=O)c1csc(C(=O)O)n1)C1CCC1. The van der Waals surface area contributed by atoms with Crippen molar-refractivity contribution >= 4 is 23.2 Å². The van der Waals surface area contributed by atoms with Crippen molar-refractivity contribution in [3.8, 4) is 0 Å². The molecule has 0 saturated heterocycles. The standard InChI is InChI=1S/C11H14N2O3S/c1-6(7-3-2-4-7)12-9(14)8-5-17-10(13-8)11(15)16/h5-7H,2-4H2,1H3,(H,12,14)(H,15,16). The molecular formula is C11H14N2O3S. The van der Waals surface area contributed by atoms with E-state index in [2.05, 4.69) is 10.3 Å². The van der Waals surface area contributed by atoms with Gasteiger partial charge in [0.25, 0.3) is 5.91 Å². The van der Waals surface area contributed by atoms with Crippen molar-refractivity contribution in [3.05, 3.63) is 16.1 Å². The van der Waals surface area contributed by atoms with E-state index in [0.29, 0.717) is 5.92 Å². The number of nitrogens with zero attached hydrogens (tertiary/aromatic N) is 1. The molecule has 1 aliphatic carbocycles. The van der Waals surface area contributed by atoms with Gasteiger partial charge in [0.2, 0.25) is 5.01 Å². The molecule has 2 N–H and O–H groups in total. The molecule has 0 aliphatic heterocycles. The molecule has 0 spiro atoms. The number of amides is 1. The Morgan fingerprint density at radius 1 is 1.59 bits per heavy atom. The summed E-state index contributed by atoms with van der Waals surface area (Å²) in [6.07, 6.45) is 3.53. The van der Waals surface area contributed by atoms with Gasteiger partial charge in [-0.05, 0) is 25.7 Å². The quantitative estimate of drug-likeness (QED) is 0.858. The van der Waals surface area contributed by atoms with Gasteiger partial charge in [0, 0.05) is 11.4 Å². The van der Waals surface area contributed by atoms with Crippen LogP contribution in [0.5, 0.6) is 0 Å². The minimum Gasteiger partial charge on any atom is -0.476 e. The molecule has 0 radical (unpaired) electrons. The van der Waals surface area contributed by atoms with Crippen molar-refractivity contribution < 1.29 is 14.7 Å². The smallest absolute Gasteiger partial charge is 0.365 e. The molecule has 17 heavy (non-hydrogen) atoms. The summed E-state index contributed by atoms with van der Waals surface area (Å²) < 4.78 is 0. The third-order valence-corrected chi connectivity index (χ3v) is 3.97. The Hall–Kier alpha value is -1.43. The Morgan fingerprint density at radius 2 is 2.29 bits per heavy atom. The molecule has 1 unspecified atom stereocenters. The van der Waals surface area contributed by atoms with Gasteiger partial charge in [-0.25, -0.2) is 9.78 Å². The van der Waals surface area contributed by atoms with Crippen LogP contribution in [0.3, 0.4) is 0 Å². The number of thiazole rings is 1. The number of carboxylic acids is 1. The van der Waals surface area contributed by atoms with Crippen LogP contribution in [-0.2, 0) is 0 Å². The first-order valence-corrected chi connectivity index (χ1v) is 6.45. The van der Waals surface area contributed by atoms with Crippen LogP contribution in [0.2, 0.25) is 0 Å². The molecule has 1 saturated carbocycles. The number of hydrogen-bond acceptors (Lipinski definition) is 4. The summed E-state index contributed by atoms with van der Waals surface area (Å²) in [5.41, 5.74) is 0.193. The van der Waals surface area contributed by atoms with Crippen LogP contribution in [0, 0.1) is 5.92 Å². The molecule has 1 heterocycles. The molecule has 92 valence electrons. The van der Waals surface area contributed by atoms with Crippen LogP contribution in [0.25, 0.3) is 0 Å². The Morgan fingerprint density at radius 3 is 2.76 bits per heavy atom. The fourth-order valence-corrected chi connectivity index (χ4v) is 2.45. The average Bonchev–Trinajstić information content (AvgIpc) is 2.62. The Kier molecular flexibility index (Phi) is 3.42. The van der Waals surface area contributed by atoms with Crippen LogP contribution >= 0.6 is 11.3 Å². The van der Waals surface area contributed by atoms with Gasteiger partial charge in [-0.2, -0.15) is 0 Å². The third-order valence-electron chi connectivity index (χ3n) is 3.14. The summed E-state index contributed by atoms with van der Waals surface area (Å²) in [6, 6.07) is 0.131. The van der Waals surface area contributed by atoms with Crippen molar-refractivity contribution in [2.24, 2.45) is 5.92 Å². The summed E-state index contributed by atoms with van der Waals surface area (Å²) in [6.45, 7) is 1.98. The summed E-state index contributed by atoms with van der Waals surface area (Å²) >= 11 is 0.970. The number of nitrogens with one attached hydrogen (secondary N) is 1. The first kappa shape index (κ1) is 12.0. The molecule has 1 aliphatic rings. The minimum atomic E-state index is -1.10.